The predicted octanol–water partition coefficient (Wildman–Crippen LogP) is 1.55. The first-order valence-electron chi connectivity index (χ1n) is 6.61. The summed E-state index contributed by atoms with van der Waals surface area (Å²) in [4.78, 5) is 35.2. The molecule has 118 valence electrons. The summed E-state index contributed by atoms with van der Waals surface area (Å²) in [6.45, 7) is 1.24. The van der Waals surface area contributed by atoms with Crippen molar-refractivity contribution in [2.45, 2.75) is 24.9 Å². The van der Waals surface area contributed by atoms with Gasteiger partial charge in [-0.15, -0.1) is 0 Å². The summed E-state index contributed by atoms with van der Waals surface area (Å²) < 4.78 is 0. The molecule has 0 radical (unpaired) electrons. The van der Waals surface area contributed by atoms with Gasteiger partial charge in [0.25, 0.3) is 0 Å². The van der Waals surface area contributed by atoms with E-state index in [1.54, 1.807) is 0 Å². The molecule has 7 heteroatoms. The normalized spacial score (nSPS) is 31.8. The number of aliphatic carboxylic acids is 2. The van der Waals surface area contributed by atoms with Gasteiger partial charge in [-0.3, -0.25) is 14.4 Å². The van der Waals surface area contributed by atoms with E-state index in [-0.39, 0.29) is 0 Å². The molecule has 1 aromatic rings. The summed E-state index contributed by atoms with van der Waals surface area (Å²) in [5.41, 5.74) is -1.48. The molecule has 0 spiro atoms. The quantitative estimate of drug-likeness (QED) is 0.726. The molecule has 2 rings (SSSR count). The monoisotopic (exact) mass is 326 g/mol. The summed E-state index contributed by atoms with van der Waals surface area (Å²) in [7, 11) is 0. The Morgan fingerprint density at radius 3 is 2.18 bits per heavy atom. The number of rotatable bonds is 3. The Kier molecular flexibility index (Phi) is 4.26. The maximum atomic E-state index is 12.1. The van der Waals surface area contributed by atoms with E-state index in [2.05, 4.69) is 0 Å². The molecular formula is C15H15ClO6. The molecule has 1 aliphatic rings. The molecule has 1 aromatic carbocycles. The second kappa shape index (κ2) is 5.70. The molecule has 6 nitrogen and oxygen atoms in total. The highest BCUT2D eigenvalue weighted by molar-refractivity contribution is 6.30. The molecule has 0 saturated heterocycles. The van der Waals surface area contributed by atoms with Gasteiger partial charge >= 0.3 is 11.9 Å². The Morgan fingerprint density at radius 2 is 1.73 bits per heavy atom. The van der Waals surface area contributed by atoms with E-state index in [9.17, 15) is 29.7 Å². The van der Waals surface area contributed by atoms with Crippen LogP contribution in [-0.4, -0.2) is 38.6 Å². The van der Waals surface area contributed by atoms with Crippen LogP contribution in [0.5, 0.6) is 0 Å². The number of carboxylic acids is 2. The molecule has 0 aliphatic heterocycles. The van der Waals surface area contributed by atoms with Crippen molar-refractivity contribution in [1.29, 1.82) is 0 Å². The molecule has 4 atom stereocenters. The highest BCUT2D eigenvalue weighted by atomic mass is 35.5. The minimum Gasteiger partial charge on any atom is -0.481 e. The Bertz CT molecular complexity index is 621. The van der Waals surface area contributed by atoms with Gasteiger partial charge in [0.1, 0.15) is 5.92 Å². The average Bonchev–Trinajstić information content (AvgIpc) is 2.36. The number of ketones is 1. The number of hydrogen-bond acceptors (Lipinski definition) is 4. The molecule has 4 unspecified atom stereocenters. The zero-order valence-electron chi connectivity index (χ0n) is 11.7. The van der Waals surface area contributed by atoms with Crippen LogP contribution in [-0.2, 0) is 14.4 Å². The number of Topliss-reactive ketones (excluding diaryl/α,β-unsaturated/α-hetero) is 1. The van der Waals surface area contributed by atoms with E-state index in [4.69, 9.17) is 11.6 Å². The summed E-state index contributed by atoms with van der Waals surface area (Å²) in [6, 6.07) is 5.94. The lowest BCUT2D eigenvalue weighted by molar-refractivity contribution is -0.167. The standard InChI is InChI=1S/C15H15ClO6/c1-15(22)6-9(17)11(13(18)19)10(12(15)14(20)21)7-2-4-8(16)5-3-7/h2-5,10-12,22H,6H2,1H3,(H,18,19)(H,20,21). The van der Waals surface area contributed by atoms with Crippen LogP contribution in [0, 0.1) is 11.8 Å². The molecule has 0 amide bonds. The fourth-order valence-corrected chi connectivity index (χ4v) is 3.26. The molecular weight excluding hydrogens is 312 g/mol. The Hall–Kier alpha value is -1.92. The van der Waals surface area contributed by atoms with Crippen LogP contribution in [0.15, 0.2) is 24.3 Å². The lowest BCUT2D eigenvalue weighted by atomic mass is 9.62. The molecule has 1 fully saturated rings. The van der Waals surface area contributed by atoms with Crippen LogP contribution < -0.4 is 0 Å². The van der Waals surface area contributed by atoms with Crippen molar-refractivity contribution in [3.8, 4) is 0 Å². The number of benzene rings is 1. The van der Waals surface area contributed by atoms with Gasteiger partial charge in [0, 0.05) is 17.4 Å². The zero-order valence-corrected chi connectivity index (χ0v) is 12.4. The summed E-state index contributed by atoms with van der Waals surface area (Å²) in [5, 5.41) is 29.5. The molecule has 1 aliphatic carbocycles. The van der Waals surface area contributed by atoms with E-state index >= 15 is 0 Å². The molecule has 3 N–H and O–H groups in total. The third-order valence-corrected chi connectivity index (χ3v) is 4.31. The van der Waals surface area contributed by atoms with Crippen LogP contribution in [0.2, 0.25) is 5.02 Å². The summed E-state index contributed by atoms with van der Waals surface area (Å²) in [6.07, 6.45) is -0.509. The summed E-state index contributed by atoms with van der Waals surface area (Å²) >= 11 is 5.78. The molecule has 0 bridgehead atoms. The minimum atomic E-state index is -1.82. The van der Waals surface area contributed by atoms with E-state index in [1.807, 2.05) is 0 Å². The zero-order chi connectivity index (χ0) is 16.7. The maximum Gasteiger partial charge on any atom is 0.314 e. The van der Waals surface area contributed by atoms with Crippen LogP contribution >= 0.6 is 11.6 Å². The Labute approximate surface area is 131 Å². The lowest BCUT2D eigenvalue weighted by Gasteiger charge is -2.42. The van der Waals surface area contributed by atoms with Gasteiger partial charge in [-0.2, -0.15) is 0 Å². The van der Waals surface area contributed by atoms with E-state index in [1.165, 1.54) is 31.2 Å². The van der Waals surface area contributed by atoms with Gasteiger partial charge in [0.2, 0.25) is 0 Å². The molecule has 0 aromatic heterocycles. The first-order chi connectivity index (χ1) is 10.1. The second-order valence-electron chi connectivity index (χ2n) is 5.71. The van der Waals surface area contributed by atoms with E-state index in [0.717, 1.165) is 0 Å². The first kappa shape index (κ1) is 16.5. The highest BCUT2D eigenvalue weighted by Crippen LogP contribution is 2.45. The largest absolute Gasteiger partial charge is 0.481 e. The number of carbonyl (C=O) groups excluding carboxylic acids is 1. The van der Waals surface area contributed by atoms with Crippen LogP contribution in [0.4, 0.5) is 0 Å². The Morgan fingerprint density at radius 1 is 1.18 bits per heavy atom. The highest BCUT2D eigenvalue weighted by Gasteiger charge is 2.56. The lowest BCUT2D eigenvalue weighted by Crippen LogP contribution is -2.54. The first-order valence-corrected chi connectivity index (χ1v) is 6.99. The van der Waals surface area contributed by atoms with Crippen molar-refractivity contribution in [1.82, 2.24) is 0 Å². The number of aliphatic hydroxyl groups is 1. The Balaban J connectivity index is 2.61. The number of hydrogen-bond donors (Lipinski definition) is 3. The smallest absolute Gasteiger partial charge is 0.314 e. The predicted molar refractivity (Wildman–Crippen MR) is 76.7 cm³/mol. The third kappa shape index (κ3) is 2.84. The van der Waals surface area contributed by atoms with Gasteiger partial charge in [0.05, 0.1) is 11.5 Å². The molecule has 0 heterocycles. The molecule has 1 saturated carbocycles. The van der Waals surface area contributed by atoms with E-state index < -0.39 is 47.5 Å². The van der Waals surface area contributed by atoms with E-state index in [0.29, 0.717) is 10.6 Å². The van der Waals surface area contributed by atoms with Crippen molar-refractivity contribution >= 4 is 29.3 Å². The van der Waals surface area contributed by atoms with Crippen LogP contribution in [0.1, 0.15) is 24.8 Å². The topological polar surface area (TPSA) is 112 Å². The average molecular weight is 327 g/mol. The fourth-order valence-electron chi connectivity index (χ4n) is 3.13. The summed E-state index contributed by atoms with van der Waals surface area (Å²) in [5.74, 6) is -7.51. The number of halogens is 1. The third-order valence-electron chi connectivity index (χ3n) is 4.05. The SMILES string of the molecule is CC1(O)CC(=O)C(C(=O)O)C(c2ccc(Cl)cc2)C1C(=O)O. The van der Waals surface area contributed by atoms with Crippen molar-refractivity contribution in [3.63, 3.8) is 0 Å². The van der Waals surface area contributed by atoms with Gasteiger partial charge in [-0.1, -0.05) is 23.7 Å². The van der Waals surface area contributed by atoms with Crippen LogP contribution in [0.3, 0.4) is 0 Å². The van der Waals surface area contributed by atoms with Crippen LogP contribution in [0.25, 0.3) is 0 Å². The second-order valence-corrected chi connectivity index (χ2v) is 6.15. The van der Waals surface area contributed by atoms with Crippen molar-refractivity contribution in [2.75, 3.05) is 0 Å². The van der Waals surface area contributed by atoms with Crippen molar-refractivity contribution < 1.29 is 29.7 Å². The number of carbonyl (C=O) groups is 3. The van der Waals surface area contributed by atoms with Crippen molar-refractivity contribution in [2.24, 2.45) is 11.8 Å². The van der Waals surface area contributed by atoms with Gasteiger partial charge in [-0.05, 0) is 24.6 Å². The van der Waals surface area contributed by atoms with Gasteiger partial charge < -0.3 is 15.3 Å². The van der Waals surface area contributed by atoms with Gasteiger partial charge in [0.15, 0.2) is 5.78 Å². The fraction of sp³-hybridized carbons (Fsp3) is 0.400. The number of carboxylic acid groups (broad SMARTS) is 2. The minimum absolute atomic E-state index is 0.345. The van der Waals surface area contributed by atoms with Crippen molar-refractivity contribution in [3.05, 3.63) is 34.9 Å². The maximum absolute atomic E-state index is 12.1. The molecule has 22 heavy (non-hydrogen) atoms. The van der Waals surface area contributed by atoms with Gasteiger partial charge in [-0.25, -0.2) is 0 Å².